The number of aliphatic hydroxyl groups excluding tert-OH is 1. The van der Waals surface area contributed by atoms with E-state index in [0.717, 1.165) is 0 Å². The molecule has 1 saturated heterocycles. The third-order valence-electron chi connectivity index (χ3n) is 1.39. The van der Waals surface area contributed by atoms with E-state index in [2.05, 4.69) is 5.32 Å². The van der Waals surface area contributed by atoms with E-state index < -0.39 is 12.3 Å². The van der Waals surface area contributed by atoms with E-state index in [9.17, 15) is 4.79 Å². The van der Waals surface area contributed by atoms with Gasteiger partial charge >= 0.3 is 0 Å². The number of amides is 1. The predicted molar refractivity (Wildman–Crippen MR) is 29.4 cm³/mol. The molecule has 1 atom stereocenters. The highest BCUT2D eigenvalue weighted by molar-refractivity contribution is 5.78. The van der Waals surface area contributed by atoms with Crippen molar-refractivity contribution >= 4 is 5.91 Å². The summed E-state index contributed by atoms with van der Waals surface area (Å²) >= 11 is 0. The summed E-state index contributed by atoms with van der Waals surface area (Å²) in [5.74, 6) is -0.104. The fourth-order valence-electron chi connectivity index (χ4n) is 0.861. The minimum atomic E-state index is -1.41. The zero-order valence-corrected chi connectivity index (χ0v) is 4.87. The van der Waals surface area contributed by atoms with Crippen LogP contribution in [0.2, 0.25) is 0 Å². The van der Waals surface area contributed by atoms with Crippen LogP contribution in [0.4, 0.5) is 0 Å². The fourth-order valence-corrected chi connectivity index (χ4v) is 0.861. The van der Waals surface area contributed by atoms with Crippen molar-refractivity contribution in [2.45, 2.75) is 25.2 Å². The van der Waals surface area contributed by atoms with Crippen LogP contribution in [0.1, 0.15) is 12.8 Å². The van der Waals surface area contributed by atoms with Crippen LogP contribution in [0.3, 0.4) is 0 Å². The molecule has 0 aromatic carbocycles. The Morgan fingerprint density at radius 3 is 2.56 bits per heavy atom. The summed E-state index contributed by atoms with van der Waals surface area (Å²) in [6.07, 6.45) is -0.477. The highest BCUT2D eigenvalue weighted by atomic mass is 16.5. The monoisotopic (exact) mass is 131 g/mol. The SMILES string of the molecule is O=C1CC[C@@H](C(O)O)N1. The quantitative estimate of drug-likeness (QED) is 0.382. The van der Waals surface area contributed by atoms with Crippen LogP contribution in [0.15, 0.2) is 0 Å². The molecule has 4 nitrogen and oxygen atoms in total. The molecule has 52 valence electrons. The van der Waals surface area contributed by atoms with Gasteiger partial charge in [0.15, 0.2) is 6.29 Å². The minimum absolute atomic E-state index is 0.104. The number of nitrogens with one attached hydrogen (secondary N) is 1. The standard InChI is InChI=1S/C5H9NO3/c7-4-2-1-3(6-4)5(8)9/h3,5,8-9H,1-2H2,(H,6,7)/t3-/m0/s1. The molecule has 1 rings (SSSR count). The molecule has 0 radical (unpaired) electrons. The van der Waals surface area contributed by atoms with Crippen LogP contribution in [-0.4, -0.2) is 28.5 Å². The number of hydrogen-bond donors (Lipinski definition) is 3. The maximum Gasteiger partial charge on any atom is 0.220 e. The van der Waals surface area contributed by atoms with Crippen molar-refractivity contribution in [2.24, 2.45) is 0 Å². The molecule has 3 N–H and O–H groups in total. The maximum atomic E-state index is 10.4. The van der Waals surface area contributed by atoms with E-state index in [1.165, 1.54) is 0 Å². The van der Waals surface area contributed by atoms with E-state index in [-0.39, 0.29) is 5.91 Å². The molecule has 1 aliphatic heterocycles. The second kappa shape index (κ2) is 2.33. The zero-order valence-electron chi connectivity index (χ0n) is 4.87. The van der Waals surface area contributed by atoms with Gasteiger partial charge in [0.1, 0.15) is 0 Å². The van der Waals surface area contributed by atoms with Gasteiger partial charge in [0, 0.05) is 6.42 Å². The van der Waals surface area contributed by atoms with Gasteiger partial charge in [0.05, 0.1) is 6.04 Å². The highest BCUT2D eigenvalue weighted by Crippen LogP contribution is 2.07. The number of carbonyl (C=O) groups excluding carboxylic acids is 1. The molecule has 0 aromatic heterocycles. The van der Waals surface area contributed by atoms with Gasteiger partial charge in [-0.2, -0.15) is 0 Å². The number of carbonyl (C=O) groups is 1. The van der Waals surface area contributed by atoms with E-state index >= 15 is 0 Å². The molecule has 0 unspecified atom stereocenters. The lowest BCUT2D eigenvalue weighted by molar-refractivity contribution is -0.121. The van der Waals surface area contributed by atoms with Crippen LogP contribution < -0.4 is 5.32 Å². The first kappa shape index (κ1) is 6.51. The van der Waals surface area contributed by atoms with Crippen molar-refractivity contribution < 1.29 is 15.0 Å². The first-order chi connectivity index (χ1) is 4.20. The van der Waals surface area contributed by atoms with Gasteiger partial charge < -0.3 is 15.5 Å². The average Bonchev–Trinajstić information content (AvgIpc) is 2.14. The molecular formula is C5H9NO3. The largest absolute Gasteiger partial charge is 0.366 e. The summed E-state index contributed by atoms with van der Waals surface area (Å²) in [6, 6.07) is -0.447. The Morgan fingerprint density at radius 2 is 2.33 bits per heavy atom. The van der Waals surface area contributed by atoms with Gasteiger partial charge in [-0.25, -0.2) is 0 Å². The Labute approximate surface area is 52.5 Å². The van der Waals surface area contributed by atoms with Crippen molar-refractivity contribution in [1.29, 1.82) is 0 Å². The van der Waals surface area contributed by atoms with Crippen molar-refractivity contribution in [3.63, 3.8) is 0 Å². The number of rotatable bonds is 1. The van der Waals surface area contributed by atoms with E-state index in [4.69, 9.17) is 10.2 Å². The maximum absolute atomic E-state index is 10.4. The second-order valence-electron chi connectivity index (χ2n) is 2.13. The first-order valence-electron chi connectivity index (χ1n) is 2.85. The topological polar surface area (TPSA) is 69.6 Å². The van der Waals surface area contributed by atoms with Gasteiger partial charge in [0.25, 0.3) is 0 Å². The fraction of sp³-hybridized carbons (Fsp3) is 0.800. The molecule has 0 aliphatic carbocycles. The van der Waals surface area contributed by atoms with Crippen LogP contribution >= 0.6 is 0 Å². The Balaban J connectivity index is 2.39. The summed E-state index contributed by atoms with van der Waals surface area (Å²) in [5, 5.41) is 19.4. The number of hydrogen-bond acceptors (Lipinski definition) is 3. The van der Waals surface area contributed by atoms with Crippen molar-refractivity contribution in [3.05, 3.63) is 0 Å². The summed E-state index contributed by atoms with van der Waals surface area (Å²) in [7, 11) is 0. The molecule has 1 fully saturated rings. The normalized spacial score (nSPS) is 27.0. The van der Waals surface area contributed by atoms with E-state index in [1.807, 2.05) is 0 Å². The minimum Gasteiger partial charge on any atom is -0.366 e. The highest BCUT2D eigenvalue weighted by Gasteiger charge is 2.25. The van der Waals surface area contributed by atoms with Crippen LogP contribution in [0.25, 0.3) is 0 Å². The summed E-state index contributed by atoms with van der Waals surface area (Å²) in [5.41, 5.74) is 0. The Kier molecular flexibility index (Phi) is 1.68. The summed E-state index contributed by atoms with van der Waals surface area (Å²) < 4.78 is 0. The van der Waals surface area contributed by atoms with E-state index in [1.54, 1.807) is 0 Å². The van der Waals surface area contributed by atoms with Crippen LogP contribution in [0, 0.1) is 0 Å². The predicted octanol–water partition coefficient (Wildman–Crippen LogP) is -1.42. The second-order valence-corrected chi connectivity index (χ2v) is 2.13. The third-order valence-corrected chi connectivity index (χ3v) is 1.39. The van der Waals surface area contributed by atoms with Crippen LogP contribution in [0.5, 0.6) is 0 Å². The smallest absolute Gasteiger partial charge is 0.220 e. The third kappa shape index (κ3) is 1.40. The molecule has 0 aromatic rings. The van der Waals surface area contributed by atoms with Crippen molar-refractivity contribution in [2.75, 3.05) is 0 Å². The lowest BCUT2D eigenvalue weighted by atomic mass is 10.2. The molecule has 0 spiro atoms. The van der Waals surface area contributed by atoms with Gasteiger partial charge in [-0.3, -0.25) is 4.79 Å². The van der Waals surface area contributed by atoms with Gasteiger partial charge in [-0.15, -0.1) is 0 Å². The molecular weight excluding hydrogens is 122 g/mol. The molecule has 4 heteroatoms. The van der Waals surface area contributed by atoms with Crippen molar-refractivity contribution in [3.8, 4) is 0 Å². The van der Waals surface area contributed by atoms with Gasteiger partial charge in [-0.1, -0.05) is 0 Å². The molecule has 0 bridgehead atoms. The van der Waals surface area contributed by atoms with Crippen LogP contribution in [-0.2, 0) is 4.79 Å². The van der Waals surface area contributed by atoms with Gasteiger partial charge in [-0.05, 0) is 6.42 Å². The average molecular weight is 131 g/mol. The lowest BCUT2D eigenvalue weighted by Crippen LogP contribution is -2.36. The molecule has 1 aliphatic rings. The Hall–Kier alpha value is -0.610. The molecule has 1 heterocycles. The zero-order chi connectivity index (χ0) is 6.85. The van der Waals surface area contributed by atoms with Crippen molar-refractivity contribution in [1.82, 2.24) is 5.32 Å². The Bertz CT molecular complexity index is 123. The van der Waals surface area contributed by atoms with E-state index in [0.29, 0.717) is 12.8 Å². The lowest BCUT2D eigenvalue weighted by Gasteiger charge is -2.10. The summed E-state index contributed by atoms with van der Waals surface area (Å²) in [6.45, 7) is 0. The van der Waals surface area contributed by atoms with Gasteiger partial charge in [0.2, 0.25) is 5.91 Å². The molecule has 0 saturated carbocycles. The summed E-state index contributed by atoms with van der Waals surface area (Å²) in [4.78, 5) is 10.4. The molecule has 9 heavy (non-hydrogen) atoms. The Morgan fingerprint density at radius 1 is 1.67 bits per heavy atom. The first-order valence-corrected chi connectivity index (χ1v) is 2.85. The molecule has 1 amide bonds. The number of aliphatic hydroxyl groups is 2.